The van der Waals surface area contributed by atoms with Gasteiger partial charge < -0.3 is 15.2 Å². The van der Waals surface area contributed by atoms with E-state index in [0.29, 0.717) is 17.9 Å². The Balaban J connectivity index is 1.45. The van der Waals surface area contributed by atoms with Gasteiger partial charge in [-0.2, -0.15) is 0 Å². The number of rotatable bonds is 13. The number of aromatic carboxylic acids is 1. The van der Waals surface area contributed by atoms with Crippen LogP contribution in [-0.2, 0) is 11.3 Å². The Morgan fingerprint density at radius 3 is 2.00 bits per heavy atom. The largest absolute Gasteiger partial charge is 0.478 e. The van der Waals surface area contributed by atoms with Crippen molar-refractivity contribution >= 4 is 17.6 Å². The number of carboxylic acids is 1. The lowest BCUT2D eigenvalue weighted by Crippen LogP contribution is -2.39. The van der Waals surface area contributed by atoms with E-state index in [9.17, 15) is 9.59 Å². The highest BCUT2D eigenvalue weighted by molar-refractivity contribution is 5.92. The maximum atomic E-state index is 12.6. The number of anilines is 1. The summed E-state index contributed by atoms with van der Waals surface area (Å²) in [6.07, 6.45) is 0. The van der Waals surface area contributed by atoms with Gasteiger partial charge in [-0.05, 0) is 67.2 Å². The number of benzene rings is 3. The average molecular weight is 476 g/mol. The molecular formula is C28H33N3O4. The highest BCUT2D eigenvalue weighted by Gasteiger charge is 2.12. The molecule has 0 aliphatic rings. The Morgan fingerprint density at radius 2 is 1.40 bits per heavy atom. The van der Waals surface area contributed by atoms with Crippen molar-refractivity contribution in [2.45, 2.75) is 20.4 Å². The van der Waals surface area contributed by atoms with Crippen LogP contribution < -0.4 is 10.1 Å². The van der Waals surface area contributed by atoms with Crippen molar-refractivity contribution in [1.29, 1.82) is 0 Å². The topological polar surface area (TPSA) is 82.1 Å². The van der Waals surface area contributed by atoms with E-state index in [1.807, 2.05) is 73.7 Å². The lowest BCUT2D eigenvalue weighted by atomic mass is 10.1. The van der Waals surface area contributed by atoms with Crippen LogP contribution in [0.15, 0.2) is 78.9 Å². The molecule has 0 fully saturated rings. The SMILES string of the molecule is CCN(CCN(CC)Cc1ccc(C(=O)O)cc1)CC(=O)Nc1ccc(Oc2ccccc2)cc1. The maximum absolute atomic E-state index is 12.6. The second-order valence-electron chi connectivity index (χ2n) is 8.23. The van der Waals surface area contributed by atoms with Crippen LogP contribution in [0, 0.1) is 0 Å². The molecule has 3 aromatic carbocycles. The van der Waals surface area contributed by atoms with Gasteiger partial charge in [0.05, 0.1) is 12.1 Å². The molecular weight excluding hydrogens is 442 g/mol. The molecule has 3 aromatic rings. The van der Waals surface area contributed by atoms with Crippen molar-refractivity contribution in [3.63, 3.8) is 0 Å². The second-order valence-corrected chi connectivity index (χ2v) is 8.23. The van der Waals surface area contributed by atoms with E-state index < -0.39 is 5.97 Å². The number of carbonyl (C=O) groups excluding carboxylic acids is 1. The smallest absolute Gasteiger partial charge is 0.335 e. The molecule has 0 heterocycles. The fraction of sp³-hybridized carbons (Fsp3) is 0.286. The van der Waals surface area contributed by atoms with Crippen LogP contribution in [0.5, 0.6) is 11.5 Å². The van der Waals surface area contributed by atoms with Crippen LogP contribution in [-0.4, -0.2) is 59.5 Å². The van der Waals surface area contributed by atoms with Crippen LogP contribution in [0.2, 0.25) is 0 Å². The minimum atomic E-state index is -0.919. The van der Waals surface area contributed by atoms with Crippen molar-refractivity contribution in [3.05, 3.63) is 90.0 Å². The number of carbonyl (C=O) groups is 2. The fourth-order valence-electron chi connectivity index (χ4n) is 3.63. The summed E-state index contributed by atoms with van der Waals surface area (Å²) >= 11 is 0. The molecule has 3 rings (SSSR count). The van der Waals surface area contributed by atoms with Crippen molar-refractivity contribution < 1.29 is 19.4 Å². The van der Waals surface area contributed by atoms with Crippen molar-refractivity contribution in [1.82, 2.24) is 9.80 Å². The lowest BCUT2D eigenvalue weighted by Gasteiger charge is -2.26. The number of para-hydroxylation sites is 1. The number of hydrogen-bond donors (Lipinski definition) is 2. The third-order valence-corrected chi connectivity index (χ3v) is 5.72. The zero-order valence-corrected chi connectivity index (χ0v) is 20.3. The van der Waals surface area contributed by atoms with Crippen LogP contribution in [0.3, 0.4) is 0 Å². The zero-order valence-electron chi connectivity index (χ0n) is 20.3. The van der Waals surface area contributed by atoms with Crippen molar-refractivity contribution in [2.24, 2.45) is 0 Å². The quantitative estimate of drug-likeness (QED) is 0.364. The minimum absolute atomic E-state index is 0.0594. The molecule has 184 valence electrons. The summed E-state index contributed by atoms with van der Waals surface area (Å²) in [5, 5.41) is 12.0. The van der Waals surface area contributed by atoms with Crippen LogP contribution in [0.25, 0.3) is 0 Å². The predicted octanol–water partition coefficient (Wildman–Crippen LogP) is 4.96. The summed E-state index contributed by atoms with van der Waals surface area (Å²) in [7, 11) is 0. The third kappa shape index (κ3) is 8.55. The fourth-order valence-corrected chi connectivity index (χ4v) is 3.63. The van der Waals surface area contributed by atoms with Gasteiger partial charge in [0.1, 0.15) is 11.5 Å². The summed E-state index contributed by atoms with van der Waals surface area (Å²) in [5.41, 5.74) is 2.09. The van der Waals surface area contributed by atoms with E-state index in [-0.39, 0.29) is 5.91 Å². The summed E-state index contributed by atoms with van der Waals surface area (Å²) in [4.78, 5) is 28.0. The molecule has 0 atom stereocenters. The van der Waals surface area contributed by atoms with E-state index in [0.717, 1.165) is 49.7 Å². The number of likely N-dealkylation sites (N-methyl/N-ethyl adjacent to an activating group) is 2. The van der Waals surface area contributed by atoms with Crippen LogP contribution >= 0.6 is 0 Å². The van der Waals surface area contributed by atoms with Crippen LogP contribution in [0.1, 0.15) is 29.8 Å². The molecule has 0 saturated carbocycles. The standard InChI is InChI=1S/C28H33N3O4/c1-3-30(20-22-10-12-23(13-11-22)28(33)34)18-19-31(4-2)21-27(32)29-24-14-16-26(17-15-24)35-25-8-6-5-7-9-25/h5-17H,3-4,18-21H2,1-2H3,(H,29,32)(H,33,34). The van der Waals surface area contributed by atoms with Gasteiger partial charge in [-0.3, -0.25) is 14.6 Å². The van der Waals surface area contributed by atoms with Gasteiger partial charge in [0.2, 0.25) is 5.91 Å². The normalized spacial score (nSPS) is 11.0. The lowest BCUT2D eigenvalue weighted by molar-refractivity contribution is -0.117. The number of amides is 1. The van der Waals surface area contributed by atoms with Gasteiger partial charge >= 0.3 is 5.97 Å². The Hall–Kier alpha value is -3.68. The van der Waals surface area contributed by atoms with E-state index in [2.05, 4.69) is 22.0 Å². The monoisotopic (exact) mass is 475 g/mol. The molecule has 0 radical (unpaired) electrons. The second kappa shape index (κ2) is 13.3. The van der Waals surface area contributed by atoms with Gasteiger partial charge in [-0.15, -0.1) is 0 Å². The molecule has 0 spiro atoms. The van der Waals surface area contributed by atoms with Gasteiger partial charge in [0, 0.05) is 25.3 Å². The number of hydrogen-bond acceptors (Lipinski definition) is 5. The Bertz CT molecular complexity index is 1070. The van der Waals surface area contributed by atoms with Gasteiger partial charge in [0.25, 0.3) is 0 Å². The molecule has 35 heavy (non-hydrogen) atoms. The summed E-state index contributed by atoms with van der Waals surface area (Å²) < 4.78 is 5.79. The average Bonchev–Trinajstić information content (AvgIpc) is 2.87. The van der Waals surface area contributed by atoms with E-state index in [1.54, 1.807) is 12.1 Å². The third-order valence-electron chi connectivity index (χ3n) is 5.72. The highest BCUT2D eigenvalue weighted by Crippen LogP contribution is 2.22. The first-order valence-corrected chi connectivity index (χ1v) is 11.9. The van der Waals surface area contributed by atoms with Gasteiger partial charge in [-0.25, -0.2) is 4.79 Å². The first-order chi connectivity index (χ1) is 17.0. The molecule has 0 bridgehead atoms. The molecule has 1 amide bonds. The summed E-state index contributed by atoms with van der Waals surface area (Å²) in [6, 6.07) is 23.9. The maximum Gasteiger partial charge on any atom is 0.335 e. The molecule has 0 aliphatic heterocycles. The van der Waals surface area contributed by atoms with Gasteiger partial charge in [-0.1, -0.05) is 44.2 Å². The van der Waals surface area contributed by atoms with E-state index in [1.165, 1.54) is 0 Å². The molecule has 0 aliphatic carbocycles. The summed E-state index contributed by atoms with van der Waals surface area (Å²) in [5.74, 6) is 0.496. The van der Waals surface area contributed by atoms with E-state index >= 15 is 0 Å². The number of nitrogens with one attached hydrogen (secondary N) is 1. The number of nitrogens with zero attached hydrogens (tertiary/aromatic N) is 2. The summed E-state index contributed by atoms with van der Waals surface area (Å²) in [6.45, 7) is 8.38. The number of ether oxygens (including phenoxy) is 1. The molecule has 0 saturated heterocycles. The molecule has 2 N–H and O–H groups in total. The van der Waals surface area contributed by atoms with Gasteiger partial charge in [0.15, 0.2) is 0 Å². The van der Waals surface area contributed by atoms with E-state index in [4.69, 9.17) is 9.84 Å². The first kappa shape index (κ1) is 25.9. The van der Waals surface area contributed by atoms with Crippen LogP contribution in [0.4, 0.5) is 5.69 Å². The molecule has 7 heteroatoms. The molecule has 0 unspecified atom stereocenters. The minimum Gasteiger partial charge on any atom is -0.478 e. The Morgan fingerprint density at radius 1 is 0.800 bits per heavy atom. The van der Waals surface area contributed by atoms with Crippen molar-refractivity contribution in [3.8, 4) is 11.5 Å². The zero-order chi connectivity index (χ0) is 25.0. The van der Waals surface area contributed by atoms with Crippen molar-refractivity contribution in [2.75, 3.05) is 38.0 Å². The predicted molar refractivity (Wildman–Crippen MR) is 138 cm³/mol. The number of carboxylic acid groups (broad SMARTS) is 1. The Labute approximate surface area is 206 Å². The molecule has 0 aromatic heterocycles. The molecule has 7 nitrogen and oxygen atoms in total. The highest BCUT2D eigenvalue weighted by atomic mass is 16.5. The first-order valence-electron chi connectivity index (χ1n) is 11.9. The Kier molecular flexibility index (Phi) is 9.83.